The largest absolute Gasteiger partial charge is 0.433 e. The van der Waals surface area contributed by atoms with Crippen molar-refractivity contribution in [3.8, 4) is 0 Å². The van der Waals surface area contributed by atoms with Gasteiger partial charge in [-0.15, -0.1) is 0 Å². The van der Waals surface area contributed by atoms with E-state index in [4.69, 9.17) is 11.6 Å². The number of carbonyl (C=O) groups is 1. The van der Waals surface area contributed by atoms with Crippen LogP contribution in [-0.2, 0) is 12.7 Å². The number of fused-ring (bicyclic) bond motifs is 1. The predicted octanol–water partition coefficient (Wildman–Crippen LogP) is 4.92. The molecular weight excluding hydrogens is 464 g/mol. The van der Waals surface area contributed by atoms with Gasteiger partial charge < -0.3 is 5.32 Å². The van der Waals surface area contributed by atoms with Crippen molar-refractivity contribution in [2.45, 2.75) is 31.5 Å². The van der Waals surface area contributed by atoms with Crippen molar-refractivity contribution >= 4 is 29.0 Å². The summed E-state index contributed by atoms with van der Waals surface area (Å²) in [7, 11) is 0. The lowest BCUT2D eigenvalue weighted by Crippen LogP contribution is -2.16. The molecule has 7 nitrogen and oxygen atoms in total. The number of nitrogens with one attached hydrogen (secondary N) is 1. The molecule has 0 radical (unpaired) electrons. The number of nitrogens with zero attached hydrogens (tertiary/aromatic N) is 5. The average Bonchev–Trinajstić information content (AvgIpc) is 3.41. The zero-order valence-electron chi connectivity index (χ0n) is 16.8. The van der Waals surface area contributed by atoms with Gasteiger partial charge in [0.05, 0.1) is 6.54 Å². The summed E-state index contributed by atoms with van der Waals surface area (Å²) in [6.45, 7) is 0.199. The van der Waals surface area contributed by atoms with Gasteiger partial charge >= 0.3 is 6.18 Å². The van der Waals surface area contributed by atoms with E-state index in [1.165, 1.54) is 29.1 Å². The van der Waals surface area contributed by atoms with Gasteiger partial charge in [-0.05, 0) is 36.6 Å². The smallest absolute Gasteiger partial charge is 0.302 e. The van der Waals surface area contributed by atoms with Crippen LogP contribution in [0.2, 0.25) is 5.02 Å². The number of hydrogen-bond acceptors (Lipinski definition) is 4. The molecule has 0 spiro atoms. The molecule has 0 bridgehead atoms. The Labute approximate surface area is 189 Å². The molecule has 12 heteroatoms. The van der Waals surface area contributed by atoms with Crippen LogP contribution in [-0.4, -0.2) is 30.3 Å². The molecule has 0 unspecified atom stereocenters. The number of carbonyl (C=O) groups excluding carboxylic acids is 1. The van der Waals surface area contributed by atoms with E-state index in [-0.39, 0.29) is 34.6 Å². The molecule has 1 aliphatic rings. The van der Waals surface area contributed by atoms with E-state index in [1.54, 1.807) is 12.1 Å². The summed E-state index contributed by atoms with van der Waals surface area (Å²) < 4.78 is 56.1. The fourth-order valence-electron chi connectivity index (χ4n) is 3.45. The number of alkyl halides is 3. The first kappa shape index (κ1) is 21.4. The van der Waals surface area contributed by atoms with Gasteiger partial charge in [0.25, 0.3) is 5.91 Å². The lowest BCUT2D eigenvalue weighted by molar-refractivity contribution is -0.142. The zero-order valence-corrected chi connectivity index (χ0v) is 17.5. The number of rotatable bonds is 5. The molecule has 1 aromatic carbocycles. The van der Waals surface area contributed by atoms with Crippen LogP contribution in [0.25, 0.3) is 5.65 Å². The summed E-state index contributed by atoms with van der Waals surface area (Å²) in [5.74, 6) is -1.20. The maximum Gasteiger partial charge on any atom is 0.433 e. The van der Waals surface area contributed by atoms with Crippen LogP contribution in [0.5, 0.6) is 0 Å². The minimum Gasteiger partial charge on any atom is -0.302 e. The first-order valence-corrected chi connectivity index (χ1v) is 10.3. The summed E-state index contributed by atoms with van der Waals surface area (Å²) in [6.07, 6.45) is -1.67. The van der Waals surface area contributed by atoms with Crippen molar-refractivity contribution in [1.82, 2.24) is 24.4 Å². The molecule has 0 saturated heterocycles. The number of hydrogen-bond donors (Lipinski definition) is 1. The summed E-state index contributed by atoms with van der Waals surface area (Å²) in [5, 5.41) is 10.5. The first-order valence-electron chi connectivity index (χ1n) is 9.94. The predicted molar refractivity (Wildman–Crippen MR) is 111 cm³/mol. The highest BCUT2D eigenvalue weighted by atomic mass is 35.5. The summed E-state index contributed by atoms with van der Waals surface area (Å²) in [6, 6.07) is 8.07. The van der Waals surface area contributed by atoms with Crippen molar-refractivity contribution < 1.29 is 22.4 Å². The van der Waals surface area contributed by atoms with Crippen molar-refractivity contribution in [2.24, 2.45) is 0 Å². The monoisotopic (exact) mass is 478 g/mol. The Hall–Kier alpha value is -3.47. The maximum absolute atomic E-state index is 13.6. The minimum absolute atomic E-state index is 0.00204. The van der Waals surface area contributed by atoms with Gasteiger partial charge in [-0.1, -0.05) is 23.7 Å². The van der Waals surface area contributed by atoms with E-state index in [1.807, 2.05) is 0 Å². The molecular formula is C21H15ClF4N6O. The number of amides is 1. The molecule has 1 aliphatic carbocycles. The van der Waals surface area contributed by atoms with Gasteiger partial charge in [0.1, 0.15) is 16.5 Å². The summed E-state index contributed by atoms with van der Waals surface area (Å²) in [4.78, 5) is 16.9. The number of aromatic nitrogens is 5. The molecule has 1 N–H and O–H groups in total. The maximum atomic E-state index is 13.6. The molecule has 3 heterocycles. The van der Waals surface area contributed by atoms with Crippen LogP contribution in [0.15, 0.2) is 42.6 Å². The standard InChI is InChI=1S/C21H15ClF4N6O/c22-14-10-31(9-11-2-1-3-13(23)6-11)30-19(14)28-20(33)16-8-18-27-15(12-4-5-12)7-17(21(24,25)26)32(18)29-16/h1-3,6-8,10,12H,4-5,9H2,(H,28,30,33). The molecule has 3 aromatic heterocycles. The van der Waals surface area contributed by atoms with E-state index in [2.05, 4.69) is 20.5 Å². The molecule has 4 aromatic rings. The molecule has 0 atom stereocenters. The molecule has 5 rings (SSSR count). The van der Waals surface area contributed by atoms with Crippen molar-refractivity contribution in [3.05, 3.63) is 76.1 Å². The SMILES string of the molecule is O=C(Nc1nn(Cc2cccc(F)c2)cc1Cl)c1cc2nc(C3CC3)cc(C(F)(F)F)n2n1. The van der Waals surface area contributed by atoms with E-state index >= 15 is 0 Å². The highest BCUT2D eigenvalue weighted by Crippen LogP contribution is 2.41. The zero-order chi connectivity index (χ0) is 23.3. The summed E-state index contributed by atoms with van der Waals surface area (Å²) in [5.41, 5.74) is -0.368. The van der Waals surface area contributed by atoms with Gasteiger partial charge in [0.15, 0.2) is 17.2 Å². The van der Waals surface area contributed by atoms with Gasteiger partial charge in [0, 0.05) is 23.9 Å². The van der Waals surface area contributed by atoms with Crippen LogP contribution in [0.1, 0.15) is 46.2 Å². The van der Waals surface area contributed by atoms with E-state index in [9.17, 15) is 22.4 Å². The second-order valence-corrected chi connectivity index (χ2v) is 8.15. The number of halogens is 5. The van der Waals surface area contributed by atoms with E-state index < -0.39 is 23.6 Å². The Morgan fingerprint density at radius 1 is 1.18 bits per heavy atom. The summed E-state index contributed by atoms with van der Waals surface area (Å²) >= 11 is 6.14. The second-order valence-electron chi connectivity index (χ2n) is 7.75. The van der Waals surface area contributed by atoms with Crippen LogP contribution < -0.4 is 5.32 Å². The van der Waals surface area contributed by atoms with Gasteiger partial charge in [0.2, 0.25) is 0 Å². The fraction of sp³-hybridized carbons (Fsp3) is 0.238. The topological polar surface area (TPSA) is 77.1 Å². The lowest BCUT2D eigenvalue weighted by Gasteiger charge is -2.10. The Morgan fingerprint density at radius 3 is 2.67 bits per heavy atom. The molecule has 1 fully saturated rings. The highest BCUT2D eigenvalue weighted by molar-refractivity contribution is 6.33. The third kappa shape index (κ3) is 4.40. The second kappa shape index (κ2) is 7.84. The molecule has 33 heavy (non-hydrogen) atoms. The third-order valence-electron chi connectivity index (χ3n) is 5.15. The van der Waals surface area contributed by atoms with Crippen molar-refractivity contribution in [1.29, 1.82) is 0 Å². The first-order chi connectivity index (χ1) is 15.7. The Kier molecular flexibility index (Phi) is 5.08. The van der Waals surface area contributed by atoms with Crippen LogP contribution >= 0.6 is 11.6 Å². The molecule has 0 aliphatic heterocycles. The number of benzene rings is 1. The molecule has 170 valence electrons. The molecule has 1 saturated carbocycles. The molecule has 1 amide bonds. The quantitative estimate of drug-likeness (QED) is 0.413. The van der Waals surface area contributed by atoms with Crippen molar-refractivity contribution in [2.75, 3.05) is 5.32 Å². The third-order valence-corrected chi connectivity index (χ3v) is 5.42. The van der Waals surface area contributed by atoms with Gasteiger partial charge in [-0.3, -0.25) is 9.48 Å². The normalized spacial score (nSPS) is 14.1. The minimum atomic E-state index is -4.66. The average molecular weight is 479 g/mol. The highest BCUT2D eigenvalue weighted by Gasteiger charge is 2.37. The van der Waals surface area contributed by atoms with Gasteiger partial charge in [-0.25, -0.2) is 13.9 Å². The van der Waals surface area contributed by atoms with Crippen LogP contribution in [0.4, 0.5) is 23.4 Å². The van der Waals surface area contributed by atoms with E-state index in [0.717, 1.165) is 18.9 Å². The van der Waals surface area contributed by atoms with Gasteiger partial charge in [-0.2, -0.15) is 23.4 Å². The lowest BCUT2D eigenvalue weighted by atomic mass is 10.2. The van der Waals surface area contributed by atoms with Crippen molar-refractivity contribution in [3.63, 3.8) is 0 Å². The van der Waals surface area contributed by atoms with Crippen LogP contribution in [0, 0.1) is 5.82 Å². The number of anilines is 1. The Bertz CT molecular complexity index is 1380. The Morgan fingerprint density at radius 2 is 1.97 bits per heavy atom. The Balaban J connectivity index is 1.41. The van der Waals surface area contributed by atoms with E-state index in [0.29, 0.717) is 15.8 Å². The van der Waals surface area contributed by atoms with Crippen LogP contribution in [0.3, 0.4) is 0 Å². The fourth-order valence-corrected chi connectivity index (χ4v) is 3.65.